The number of nitrogens with zero attached hydrogens (tertiary/aromatic N) is 4. The van der Waals surface area contributed by atoms with E-state index in [4.69, 9.17) is 81.9 Å². The van der Waals surface area contributed by atoms with Crippen LogP contribution in [0.25, 0.3) is 0 Å². The third-order valence-electron chi connectivity index (χ3n) is 3.26. The van der Waals surface area contributed by atoms with Crippen molar-refractivity contribution in [3.05, 3.63) is 46.0 Å². The maximum Gasteiger partial charge on any atom is 3.00 e. The fourth-order valence-corrected chi connectivity index (χ4v) is 2.46. The summed E-state index contributed by atoms with van der Waals surface area (Å²) in [5, 5.41) is 105. The first-order valence-corrected chi connectivity index (χ1v) is 8.81. The monoisotopic (exact) mass is 630 g/mol. The molecule has 0 bridgehead atoms. The predicted octanol–water partition coefficient (Wildman–Crippen LogP) is -1.68. The summed E-state index contributed by atoms with van der Waals surface area (Å²) in [5.41, 5.74) is 0. The standard InChI is InChI=1S/2C6H12O3.C2H3N.La.3NO3/c2*7-4-1-5(8)3-6(9)2-4;1-2-3;;3*2-1(3)4/h2*4-9H,1-3H2;1H3;;;;/q;;;+3;3*-1. The Balaban J connectivity index is -0.000000105. The van der Waals surface area contributed by atoms with Crippen molar-refractivity contribution in [2.45, 2.75) is 82.1 Å². The topological polar surface area (TPSA) is 344 Å². The second kappa shape index (κ2) is 27.3. The van der Waals surface area contributed by atoms with E-state index in [2.05, 4.69) is 0 Å². The number of hydrogen-bond acceptors (Lipinski definition) is 16. The number of nitriles is 1. The zero-order valence-electron chi connectivity index (χ0n) is 17.9. The van der Waals surface area contributed by atoms with Crippen LogP contribution in [0.5, 0.6) is 0 Å². The molecule has 2 aliphatic rings. The Bertz CT molecular complexity index is 453. The van der Waals surface area contributed by atoms with E-state index in [1.807, 2.05) is 0 Å². The van der Waals surface area contributed by atoms with E-state index >= 15 is 0 Å². The Morgan fingerprint density at radius 2 is 0.618 bits per heavy atom. The molecule has 196 valence electrons. The molecule has 0 atom stereocenters. The Hall–Kier alpha value is -1.96. The van der Waals surface area contributed by atoms with Crippen LogP contribution in [0.15, 0.2) is 0 Å². The fraction of sp³-hybridized carbons (Fsp3) is 0.929. The molecule has 6 N–H and O–H groups in total. The maximum absolute atomic E-state index is 8.93. The number of aliphatic hydroxyl groups is 6. The second-order valence-corrected chi connectivity index (χ2v) is 6.23. The summed E-state index contributed by atoms with van der Waals surface area (Å²) >= 11 is 0. The third-order valence-corrected chi connectivity index (χ3v) is 3.26. The fourth-order valence-electron chi connectivity index (χ4n) is 2.46. The van der Waals surface area contributed by atoms with Gasteiger partial charge in [-0.25, -0.2) is 0 Å². The van der Waals surface area contributed by atoms with Gasteiger partial charge in [0.1, 0.15) is 0 Å². The minimum absolute atomic E-state index is 0. The van der Waals surface area contributed by atoms with Crippen molar-refractivity contribution in [3.8, 4) is 6.07 Å². The zero-order valence-corrected chi connectivity index (χ0v) is 21.6. The Morgan fingerprint density at radius 3 is 0.676 bits per heavy atom. The van der Waals surface area contributed by atoms with Crippen molar-refractivity contribution < 1.29 is 81.5 Å². The summed E-state index contributed by atoms with van der Waals surface area (Å²) in [6, 6.07) is 1.75. The van der Waals surface area contributed by atoms with Gasteiger partial charge in [0.15, 0.2) is 0 Å². The van der Waals surface area contributed by atoms with E-state index in [1.54, 1.807) is 6.07 Å². The van der Waals surface area contributed by atoms with Gasteiger partial charge in [-0.2, -0.15) is 5.26 Å². The molecule has 0 aromatic heterocycles. The van der Waals surface area contributed by atoms with Crippen LogP contribution < -0.4 is 0 Å². The van der Waals surface area contributed by atoms with Crippen LogP contribution in [-0.2, 0) is 0 Å². The third kappa shape index (κ3) is 52.2. The molecular formula is C14H27LaN4O15. The molecule has 20 heteroatoms. The van der Waals surface area contributed by atoms with E-state index < -0.39 is 51.9 Å². The molecule has 0 radical (unpaired) electrons. The van der Waals surface area contributed by atoms with Gasteiger partial charge in [-0.15, -0.1) is 0 Å². The second-order valence-electron chi connectivity index (χ2n) is 6.23. The molecule has 34 heavy (non-hydrogen) atoms. The molecule has 2 aliphatic carbocycles. The Labute approximate surface area is 220 Å². The summed E-state index contributed by atoms with van der Waals surface area (Å²) < 4.78 is 0. The summed E-state index contributed by atoms with van der Waals surface area (Å²) in [4.78, 5) is 24.8. The van der Waals surface area contributed by atoms with Crippen LogP contribution in [0.2, 0.25) is 0 Å². The molecule has 0 saturated heterocycles. The maximum atomic E-state index is 8.93. The zero-order chi connectivity index (χ0) is 27.1. The molecule has 0 aromatic rings. The molecule has 0 spiro atoms. The van der Waals surface area contributed by atoms with Gasteiger partial charge in [0.25, 0.3) is 0 Å². The van der Waals surface area contributed by atoms with Crippen LogP contribution in [-0.4, -0.2) is 82.5 Å². The summed E-state index contributed by atoms with van der Waals surface area (Å²) in [6.07, 6.45) is -0.580. The minimum atomic E-state index is -1.75. The van der Waals surface area contributed by atoms with Crippen molar-refractivity contribution in [2.24, 2.45) is 0 Å². The minimum Gasteiger partial charge on any atom is -0.393 e. The van der Waals surface area contributed by atoms with Crippen LogP contribution in [0.4, 0.5) is 0 Å². The van der Waals surface area contributed by atoms with E-state index in [0.717, 1.165) is 0 Å². The molecule has 19 nitrogen and oxygen atoms in total. The Morgan fingerprint density at radius 1 is 0.559 bits per heavy atom. The van der Waals surface area contributed by atoms with E-state index in [1.165, 1.54) is 6.92 Å². The van der Waals surface area contributed by atoms with Gasteiger partial charge in [0, 0.05) is 6.92 Å². The van der Waals surface area contributed by atoms with Gasteiger partial charge >= 0.3 is 35.6 Å². The summed E-state index contributed by atoms with van der Waals surface area (Å²) in [5.74, 6) is 0. The van der Waals surface area contributed by atoms with Crippen molar-refractivity contribution >= 4 is 0 Å². The number of hydrogen-bond donors (Lipinski definition) is 6. The Kier molecular flexibility index (Phi) is 33.9. The average molecular weight is 630 g/mol. The first kappa shape index (κ1) is 42.2. The molecule has 0 unspecified atom stereocenters. The van der Waals surface area contributed by atoms with Gasteiger partial charge in [-0.05, 0) is 38.5 Å². The molecule has 0 aliphatic heterocycles. The molecule has 2 saturated carbocycles. The normalized spacial score (nSPS) is 26.2. The van der Waals surface area contributed by atoms with Crippen molar-refractivity contribution in [1.29, 1.82) is 5.26 Å². The first-order chi connectivity index (χ1) is 15.0. The van der Waals surface area contributed by atoms with Crippen molar-refractivity contribution in [2.75, 3.05) is 0 Å². The van der Waals surface area contributed by atoms with Gasteiger partial charge in [0.05, 0.1) is 58.0 Å². The van der Waals surface area contributed by atoms with Gasteiger partial charge in [-0.1, -0.05) is 0 Å². The van der Waals surface area contributed by atoms with Gasteiger partial charge < -0.3 is 76.6 Å². The van der Waals surface area contributed by atoms with E-state index in [-0.39, 0.29) is 35.6 Å². The number of rotatable bonds is 0. The van der Waals surface area contributed by atoms with Gasteiger partial charge in [-0.3, -0.25) is 0 Å². The molecule has 2 fully saturated rings. The molecular weight excluding hydrogens is 603 g/mol. The van der Waals surface area contributed by atoms with Crippen LogP contribution in [0.1, 0.15) is 45.4 Å². The molecule has 0 amide bonds. The smallest absolute Gasteiger partial charge is 0.393 e. The molecule has 0 aromatic carbocycles. The van der Waals surface area contributed by atoms with Gasteiger partial charge in [0.2, 0.25) is 0 Å². The molecule has 2 rings (SSSR count). The predicted molar refractivity (Wildman–Crippen MR) is 106 cm³/mol. The van der Waals surface area contributed by atoms with Crippen LogP contribution in [0.3, 0.4) is 0 Å². The summed E-state index contributed by atoms with van der Waals surface area (Å²) in [7, 11) is 0. The largest absolute Gasteiger partial charge is 3.00 e. The van der Waals surface area contributed by atoms with Crippen molar-refractivity contribution in [1.82, 2.24) is 0 Å². The van der Waals surface area contributed by atoms with E-state index in [0.29, 0.717) is 38.5 Å². The van der Waals surface area contributed by atoms with Crippen LogP contribution in [0, 0.1) is 92.9 Å². The first-order valence-electron chi connectivity index (χ1n) is 8.81. The SMILES string of the molecule is CC#N.O=[N+]([O-])[O-].O=[N+]([O-])[O-].O=[N+]([O-])[O-].OC1CC(O)CC(O)C1.OC1CC(O)CC(O)C1.[La+3]. The van der Waals surface area contributed by atoms with Crippen molar-refractivity contribution in [3.63, 3.8) is 0 Å². The van der Waals surface area contributed by atoms with E-state index in [9.17, 15) is 0 Å². The van der Waals surface area contributed by atoms with Crippen LogP contribution >= 0.6 is 0 Å². The number of aliphatic hydroxyl groups excluding tert-OH is 6. The summed E-state index contributed by atoms with van der Waals surface area (Å²) in [6.45, 7) is 1.43. The molecule has 0 heterocycles. The average Bonchev–Trinajstić information content (AvgIpc) is 2.51. The quantitative estimate of drug-likeness (QED) is 0.128.